The third kappa shape index (κ3) is 5.57. The molecule has 0 atom stereocenters. The number of nitrogens with zero attached hydrogens (tertiary/aromatic N) is 3. The summed E-state index contributed by atoms with van der Waals surface area (Å²) >= 11 is 0. The first kappa shape index (κ1) is 24.8. The van der Waals surface area contributed by atoms with Gasteiger partial charge in [-0.15, -0.1) is 0 Å². The van der Waals surface area contributed by atoms with Crippen LogP contribution in [0.4, 0.5) is 5.95 Å². The van der Waals surface area contributed by atoms with Crippen molar-refractivity contribution in [3.8, 4) is 16.9 Å². The quantitative estimate of drug-likeness (QED) is 0.280. The van der Waals surface area contributed by atoms with Gasteiger partial charge in [-0.1, -0.05) is 66.2 Å². The van der Waals surface area contributed by atoms with E-state index in [4.69, 9.17) is 9.40 Å². The first-order valence-electron chi connectivity index (χ1n) is 12.4. The van der Waals surface area contributed by atoms with Crippen LogP contribution in [0.5, 0.6) is 0 Å². The highest BCUT2D eigenvalue weighted by molar-refractivity contribution is 5.99. The van der Waals surface area contributed by atoms with Crippen LogP contribution in [0.1, 0.15) is 27.2 Å². The van der Waals surface area contributed by atoms with Crippen molar-refractivity contribution in [3.63, 3.8) is 0 Å². The maximum Gasteiger partial charge on any atom is 0.255 e. The van der Waals surface area contributed by atoms with Crippen molar-refractivity contribution >= 4 is 17.8 Å². The van der Waals surface area contributed by atoms with Crippen molar-refractivity contribution in [1.29, 1.82) is 0 Å². The van der Waals surface area contributed by atoms with Crippen LogP contribution in [-0.4, -0.2) is 32.8 Å². The lowest BCUT2D eigenvalue weighted by Gasteiger charge is -2.22. The van der Waals surface area contributed by atoms with Gasteiger partial charge in [-0.25, -0.2) is 4.98 Å². The summed E-state index contributed by atoms with van der Waals surface area (Å²) in [6, 6.07) is 28.6. The molecule has 0 saturated heterocycles. The number of hydrogen-bond acceptors (Lipinski definition) is 4. The van der Waals surface area contributed by atoms with Crippen LogP contribution in [0.25, 0.3) is 16.9 Å². The molecule has 190 valence electrons. The number of carbonyl (C=O) groups is 2. The summed E-state index contributed by atoms with van der Waals surface area (Å²) in [6.07, 6.45) is 3.45. The molecule has 5 rings (SSSR count). The van der Waals surface area contributed by atoms with E-state index in [1.165, 1.54) is 4.90 Å². The molecule has 3 aromatic carbocycles. The van der Waals surface area contributed by atoms with Gasteiger partial charge in [0, 0.05) is 23.0 Å². The Bertz CT molecular complexity index is 1540. The van der Waals surface area contributed by atoms with Gasteiger partial charge in [-0.3, -0.25) is 19.5 Å². The molecular formula is C31H28N4O3. The zero-order valence-electron chi connectivity index (χ0n) is 21.3. The van der Waals surface area contributed by atoms with E-state index in [1.807, 2.05) is 97.4 Å². The van der Waals surface area contributed by atoms with E-state index in [0.717, 1.165) is 28.1 Å². The van der Waals surface area contributed by atoms with E-state index in [2.05, 4.69) is 5.32 Å². The number of nitrogens with one attached hydrogen (secondary N) is 1. The fourth-order valence-corrected chi connectivity index (χ4v) is 4.23. The highest BCUT2D eigenvalue weighted by Crippen LogP contribution is 2.25. The Morgan fingerprint density at radius 3 is 2.34 bits per heavy atom. The maximum atomic E-state index is 13.5. The minimum Gasteiger partial charge on any atom is -0.467 e. The number of furan rings is 1. The number of rotatable bonds is 8. The lowest BCUT2D eigenvalue weighted by molar-refractivity contribution is -0.117. The van der Waals surface area contributed by atoms with Gasteiger partial charge in [-0.05, 0) is 49.7 Å². The predicted molar refractivity (Wildman–Crippen MR) is 147 cm³/mol. The van der Waals surface area contributed by atoms with Crippen LogP contribution in [0.15, 0.2) is 108 Å². The molecule has 0 unspecified atom stereocenters. The normalized spacial score (nSPS) is 10.8. The number of carbonyl (C=O) groups excluding carboxylic acids is 2. The predicted octanol–water partition coefficient (Wildman–Crippen LogP) is 6.03. The second kappa shape index (κ2) is 11.0. The summed E-state index contributed by atoms with van der Waals surface area (Å²) in [6.45, 7) is 3.89. The second-order valence-electron chi connectivity index (χ2n) is 9.13. The lowest BCUT2D eigenvalue weighted by atomic mass is 10.1. The number of benzene rings is 3. The molecule has 2 amide bonds. The summed E-state index contributed by atoms with van der Waals surface area (Å²) in [4.78, 5) is 33.0. The van der Waals surface area contributed by atoms with E-state index in [0.29, 0.717) is 17.3 Å². The fourth-order valence-electron chi connectivity index (χ4n) is 4.23. The standard InChI is InChI=1S/C31H28N4O3/c1-22-14-16-25(17-15-22)35-20-28(24-10-4-3-5-11-24)32-31(35)33-29(36)21-34(19-26-12-8-18-38-26)30(37)27-13-7-6-9-23(27)2/h3-18,20H,19,21H2,1-2H3,(H,32,33,36). The van der Waals surface area contributed by atoms with Gasteiger partial charge in [0.15, 0.2) is 0 Å². The topological polar surface area (TPSA) is 80.4 Å². The minimum atomic E-state index is -0.364. The molecule has 1 N–H and O–H groups in total. The van der Waals surface area contributed by atoms with E-state index in [-0.39, 0.29) is 24.9 Å². The van der Waals surface area contributed by atoms with E-state index in [9.17, 15) is 9.59 Å². The molecule has 0 fully saturated rings. The average molecular weight is 505 g/mol. The zero-order valence-corrected chi connectivity index (χ0v) is 21.3. The molecular weight excluding hydrogens is 476 g/mol. The lowest BCUT2D eigenvalue weighted by Crippen LogP contribution is -2.38. The van der Waals surface area contributed by atoms with Gasteiger partial charge >= 0.3 is 0 Å². The summed E-state index contributed by atoms with van der Waals surface area (Å²) in [7, 11) is 0. The first-order chi connectivity index (χ1) is 18.5. The second-order valence-corrected chi connectivity index (χ2v) is 9.13. The van der Waals surface area contributed by atoms with Gasteiger partial charge in [0.2, 0.25) is 11.9 Å². The number of hydrogen-bond donors (Lipinski definition) is 1. The van der Waals surface area contributed by atoms with Gasteiger partial charge in [-0.2, -0.15) is 0 Å². The monoisotopic (exact) mass is 504 g/mol. The van der Waals surface area contributed by atoms with Gasteiger partial charge < -0.3 is 9.32 Å². The van der Waals surface area contributed by atoms with Crippen molar-refractivity contribution in [2.24, 2.45) is 0 Å². The Morgan fingerprint density at radius 1 is 0.895 bits per heavy atom. The van der Waals surface area contributed by atoms with Crippen molar-refractivity contribution < 1.29 is 14.0 Å². The van der Waals surface area contributed by atoms with Crippen LogP contribution in [0.2, 0.25) is 0 Å². The molecule has 7 heteroatoms. The molecule has 0 aliphatic carbocycles. The number of aryl methyl sites for hydroxylation is 2. The van der Waals surface area contributed by atoms with Crippen LogP contribution in [-0.2, 0) is 11.3 Å². The number of anilines is 1. The molecule has 2 heterocycles. The molecule has 7 nitrogen and oxygen atoms in total. The van der Waals surface area contributed by atoms with Crippen molar-refractivity contribution in [2.45, 2.75) is 20.4 Å². The number of imidazole rings is 1. The van der Waals surface area contributed by atoms with Crippen molar-refractivity contribution in [2.75, 3.05) is 11.9 Å². The van der Waals surface area contributed by atoms with Crippen LogP contribution in [0, 0.1) is 13.8 Å². The molecule has 0 radical (unpaired) electrons. The molecule has 2 aromatic heterocycles. The smallest absolute Gasteiger partial charge is 0.255 e. The first-order valence-corrected chi connectivity index (χ1v) is 12.4. The molecule has 38 heavy (non-hydrogen) atoms. The molecule has 0 bridgehead atoms. The van der Waals surface area contributed by atoms with E-state index in [1.54, 1.807) is 24.5 Å². The summed E-state index contributed by atoms with van der Waals surface area (Å²) < 4.78 is 7.32. The molecule has 0 aliphatic rings. The number of amides is 2. The Morgan fingerprint density at radius 2 is 1.63 bits per heavy atom. The maximum absolute atomic E-state index is 13.5. The summed E-state index contributed by atoms with van der Waals surface area (Å²) in [5, 5.41) is 2.93. The minimum absolute atomic E-state index is 0.162. The highest BCUT2D eigenvalue weighted by Gasteiger charge is 2.23. The summed E-state index contributed by atoms with van der Waals surface area (Å²) in [5.74, 6) is 0.352. The third-order valence-electron chi connectivity index (χ3n) is 6.26. The highest BCUT2D eigenvalue weighted by atomic mass is 16.3. The van der Waals surface area contributed by atoms with Crippen LogP contribution < -0.4 is 5.32 Å². The van der Waals surface area contributed by atoms with Gasteiger partial charge in [0.25, 0.3) is 5.91 Å². The van der Waals surface area contributed by atoms with E-state index >= 15 is 0 Å². The molecule has 0 aliphatic heterocycles. The van der Waals surface area contributed by atoms with Crippen LogP contribution in [0.3, 0.4) is 0 Å². The Kier molecular flexibility index (Phi) is 7.17. The van der Waals surface area contributed by atoms with Crippen molar-refractivity contribution in [3.05, 3.63) is 126 Å². The Hall–Kier alpha value is -4.91. The van der Waals surface area contributed by atoms with Crippen LogP contribution >= 0.6 is 0 Å². The Balaban J connectivity index is 1.44. The van der Waals surface area contributed by atoms with Gasteiger partial charge in [0.05, 0.1) is 18.5 Å². The van der Waals surface area contributed by atoms with Gasteiger partial charge in [0.1, 0.15) is 12.3 Å². The van der Waals surface area contributed by atoms with E-state index < -0.39 is 0 Å². The molecule has 5 aromatic rings. The largest absolute Gasteiger partial charge is 0.467 e. The summed E-state index contributed by atoms with van der Waals surface area (Å²) in [5.41, 5.74) is 5.03. The third-order valence-corrected chi connectivity index (χ3v) is 6.26. The Labute approximate surface area is 221 Å². The number of aromatic nitrogens is 2. The SMILES string of the molecule is Cc1ccc(-n2cc(-c3ccccc3)nc2NC(=O)CN(Cc2ccco2)C(=O)c2ccccc2C)cc1. The molecule has 0 saturated carbocycles. The average Bonchev–Trinajstić information content (AvgIpc) is 3.59. The fraction of sp³-hybridized carbons (Fsp3) is 0.129. The zero-order chi connectivity index (χ0) is 26.5. The van der Waals surface area contributed by atoms with Crippen molar-refractivity contribution in [1.82, 2.24) is 14.5 Å². The molecule has 0 spiro atoms.